The number of aromatic hydroxyl groups is 2. The van der Waals surface area contributed by atoms with Crippen LogP contribution in [-0.4, -0.2) is 31.3 Å². The van der Waals surface area contributed by atoms with Crippen molar-refractivity contribution >= 4 is 18.4 Å². The highest BCUT2D eigenvalue weighted by atomic mass is 32.1. The number of benzene rings is 2. The second-order valence-electron chi connectivity index (χ2n) is 4.66. The van der Waals surface area contributed by atoms with Crippen LogP contribution in [0.4, 0.5) is 4.39 Å². The molecular formula is C15H11FN4O2S. The van der Waals surface area contributed by atoms with Crippen molar-refractivity contribution in [2.45, 2.75) is 0 Å². The predicted molar refractivity (Wildman–Crippen MR) is 85.6 cm³/mol. The van der Waals surface area contributed by atoms with Crippen molar-refractivity contribution in [1.82, 2.24) is 14.9 Å². The Bertz CT molecular complexity index is 931. The number of H-pyrrole nitrogens is 1. The molecule has 3 rings (SSSR count). The first kappa shape index (κ1) is 14.9. The maximum atomic E-state index is 13.0. The fourth-order valence-corrected chi connectivity index (χ4v) is 2.11. The van der Waals surface area contributed by atoms with Crippen LogP contribution in [0.15, 0.2) is 47.6 Å². The number of hydrogen-bond acceptors (Lipinski definition) is 5. The minimum atomic E-state index is -0.350. The maximum Gasteiger partial charge on any atom is 0.216 e. The van der Waals surface area contributed by atoms with Crippen LogP contribution in [0, 0.1) is 10.6 Å². The third-order valence-corrected chi connectivity index (χ3v) is 3.34. The van der Waals surface area contributed by atoms with E-state index in [2.05, 4.69) is 15.3 Å². The second kappa shape index (κ2) is 6.01. The zero-order valence-corrected chi connectivity index (χ0v) is 12.5. The minimum absolute atomic E-state index is 0.214. The zero-order chi connectivity index (χ0) is 16.4. The van der Waals surface area contributed by atoms with Crippen molar-refractivity contribution in [1.29, 1.82) is 0 Å². The average Bonchev–Trinajstić information content (AvgIpc) is 2.90. The molecule has 0 saturated heterocycles. The molecule has 0 aliphatic heterocycles. The molecule has 23 heavy (non-hydrogen) atoms. The molecule has 1 aromatic heterocycles. The summed E-state index contributed by atoms with van der Waals surface area (Å²) in [7, 11) is 0. The predicted octanol–water partition coefficient (Wildman–Crippen LogP) is 3.04. The van der Waals surface area contributed by atoms with Gasteiger partial charge in [-0.25, -0.2) is 9.49 Å². The van der Waals surface area contributed by atoms with E-state index in [0.717, 1.165) is 0 Å². The largest absolute Gasteiger partial charge is 0.504 e. The summed E-state index contributed by atoms with van der Waals surface area (Å²) in [4.78, 5) is 0. The number of phenols is 2. The normalized spacial score (nSPS) is 11.2. The summed E-state index contributed by atoms with van der Waals surface area (Å²) in [6, 6.07) is 10.1. The van der Waals surface area contributed by atoms with E-state index in [1.165, 1.54) is 35.2 Å². The molecule has 0 atom stereocenters. The van der Waals surface area contributed by atoms with E-state index in [1.54, 1.807) is 18.2 Å². The Kier molecular flexibility index (Phi) is 3.90. The quantitative estimate of drug-likeness (QED) is 0.391. The number of halogens is 1. The van der Waals surface area contributed by atoms with Crippen molar-refractivity contribution in [2.75, 3.05) is 0 Å². The summed E-state index contributed by atoms with van der Waals surface area (Å²) in [5.74, 6) is -0.385. The second-order valence-corrected chi connectivity index (χ2v) is 5.05. The molecular weight excluding hydrogens is 319 g/mol. The highest BCUT2D eigenvalue weighted by molar-refractivity contribution is 7.71. The number of phenolic OH excluding ortho intramolecular Hbond substituents is 2. The van der Waals surface area contributed by atoms with E-state index in [-0.39, 0.29) is 22.1 Å². The van der Waals surface area contributed by atoms with Gasteiger partial charge in [0, 0.05) is 5.56 Å². The molecule has 3 N–H and O–H groups in total. The summed E-state index contributed by atoms with van der Waals surface area (Å²) in [5.41, 5.74) is 1.21. The van der Waals surface area contributed by atoms with Gasteiger partial charge in [-0.2, -0.15) is 14.9 Å². The van der Waals surface area contributed by atoms with E-state index in [1.807, 2.05) is 0 Å². The fourth-order valence-electron chi connectivity index (χ4n) is 1.93. The van der Waals surface area contributed by atoms with Crippen LogP contribution < -0.4 is 0 Å². The van der Waals surface area contributed by atoms with Crippen LogP contribution in [0.5, 0.6) is 11.5 Å². The summed E-state index contributed by atoms with van der Waals surface area (Å²) < 4.78 is 14.7. The number of aromatic amines is 1. The number of nitrogens with zero attached hydrogens (tertiary/aromatic N) is 3. The van der Waals surface area contributed by atoms with Crippen LogP contribution in [-0.2, 0) is 0 Å². The highest BCUT2D eigenvalue weighted by Gasteiger charge is 2.08. The topological polar surface area (TPSA) is 86.4 Å². The lowest BCUT2D eigenvalue weighted by Crippen LogP contribution is -1.95. The number of nitrogens with one attached hydrogen (secondary N) is 1. The molecule has 0 saturated carbocycles. The lowest BCUT2D eigenvalue weighted by atomic mass is 10.2. The Morgan fingerprint density at radius 3 is 2.57 bits per heavy atom. The van der Waals surface area contributed by atoms with Crippen LogP contribution in [0.25, 0.3) is 11.4 Å². The Morgan fingerprint density at radius 2 is 1.87 bits per heavy atom. The van der Waals surface area contributed by atoms with E-state index in [9.17, 15) is 14.6 Å². The van der Waals surface area contributed by atoms with E-state index >= 15 is 0 Å². The van der Waals surface area contributed by atoms with Crippen LogP contribution >= 0.6 is 12.2 Å². The van der Waals surface area contributed by atoms with Gasteiger partial charge in [-0.1, -0.05) is 0 Å². The molecule has 0 fully saturated rings. The van der Waals surface area contributed by atoms with Gasteiger partial charge in [0.05, 0.1) is 6.21 Å². The molecule has 0 bridgehead atoms. The first-order valence-corrected chi connectivity index (χ1v) is 6.95. The van der Waals surface area contributed by atoms with Crippen molar-refractivity contribution in [3.63, 3.8) is 0 Å². The molecule has 1 heterocycles. The molecule has 0 aliphatic carbocycles. The summed E-state index contributed by atoms with van der Waals surface area (Å²) in [5, 5.41) is 29.7. The smallest absolute Gasteiger partial charge is 0.216 e. The number of rotatable bonds is 3. The fraction of sp³-hybridized carbons (Fsp3) is 0. The van der Waals surface area contributed by atoms with Gasteiger partial charge < -0.3 is 10.2 Å². The van der Waals surface area contributed by atoms with Gasteiger partial charge in [0.2, 0.25) is 4.77 Å². The van der Waals surface area contributed by atoms with Crippen molar-refractivity contribution in [2.24, 2.45) is 5.10 Å². The van der Waals surface area contributed by atoms with Crippen molar-refractivity contribution in [3.05, 3.63) is 58.6 Å². The van der Waals surface area contributed by atoms with Crippen LogP contribution in [0.3, 0.4) is 0 Å². The Labute approximate surface area is 135 Å². The monoisotopic (exact) mass is 330 g/mol. The lowest BCUT2D eigenvalue weighted by Gasteiger charge is -2.01. The summed E-state index contributed by atoms with van der Waals surface area (Å²) in [6.45, 7) is 0. The van der Waals surface area contributed by atoms with Gasteiger partial charge in [-0.05, 0) is 60.2 Å². The molecule has 0 amide bonds. The number of hydrogen-bond donors (Lipinski definition) is 3. The number of aromatic nitrogens is 3. The first-order valence-electron chi connectivity index (χ1n) is 6.54. The Balaban J connectivity index is 1.98. The van der Waals surface area contributed by atoms with Gasteiger partial charge in [0.15, 0.2) is 17.3 Å². The average molecular weight is 330 g/mol. The first-order chi connectivity index (χ1) is 11.0. The zero-order valence-electron chi connectivity index (χ0n) is 11.6. The molecule has 0 aliphatic rings. The third-order valence-electron chi connectivity index (χ3n) is 3.07. The van der Waals surface area contributed by atoms with Crippen LogP contribution in [0.1, 0.15) is 5.56 Å². The summed E-state index contributed by atoms with van der Waals surface area (Å²) >= 11 is 5.13. The van der Waals surface area contributed by atoms with E-state index in [4.69, 9.17) is 12.2 Å². The molecule has 8 heteroatoms. The van der Waals surface area contributed by atoms with Crippen molar-refractivity contribution in [3.8, 4) is 22.9 Å². The van der Waals surface area contributed by atoms with E-state index in [0.29, 0.717) is 17.0 Å². The molecule has 2 aromatic carbocycles. The molecule has 116 valence electrons. The maximum absolute atomic E-state index is 13.0. The van der Waals surface area contributed by atoms with Gasteiger partial charge in [0.1, 0.15) is 5.82 Å². The minimum Gasteiger partial charge on any atom is -0.504 e. The third kappa shape index (κ3) is 3.11. The SMILES string of the molecule is Oc1ccc(/C=N/n2c(-c3ccc(F)cc3)n[nH]c2=S)cc1O. The van der Waals surface area contributed by atoms with Gasteiger partial charge in [-0.3, -0.25) is 0 Å². The molecule has 3 aromatic rings. The highest BCUT2D eigenvalue weighted by Crippen LogP contribution is 2.24. The molecule has 0 spiro atoms. The van der Waals surface area contributed by atoms with Crippen LogP contribution in [0.2, 0.25) is 0 Å². The molecule has 0 radical (unpaired) electrons. The van der Waals surface area contributed by atoms with Gasteiger partial charge in [-0.15, -0.1) is 0 Å². The van der Waals surface area contributed by atoms with Gasteiger partial charge >= 0.3 is 0 Å². The lowest BCUT2D eigenvalue weighted by molar-refractivity contribution is 0.403. The Morgan fingerprint density at radius 1 is 1.13 bits per heavy atom. The molecule has 0 unspecified atom stereocenters. The Hall–Kier alpha value is -3.00. The van der Waals surface area contributed by atoms with Crippen molar-refractivity contribution < 1.29 is 14.6 Å². The van der Waals surface area contributed by atoms with E-state index < -0.39 is 0 Å². The summed E-state index contributed by atoms with van der Waals surface area (Å²) in [6.07, 6.45) is 1.46. The van der Waals surface area contributed by atoms with Gasteiger partial charge in [0.25, 0.3) is 0 Å². The molecule has 6 nitrogen and oxygen atoms in total. The standard InChI is InChI=1S/C15H11FN4O2S/c16-11-4-2-10(3-5-11)14-18-19-15(23)20(14)17-8-9-1-6-12(21)13(22)7-9/h1-8,21-22H,(H,19,23)/b17-8+.